The van der Waals surface area contributed by atoms with Gasteiger partial charge in [-0.25, -0.2) is 13.6 Å². The quantitative estimate of drug-likeness (QED) is 0.264. The summed E-state index contributed by atoms with van der Waals surface area (Å²) in [5.41, 5.74) is 6.30. The largest absolute Gasteiger partial charge is 0.490 e. The molecule has 212 valence electrons. The summed E-state index contributed by atoms with van der Waals surface area (Å²) >= 11 is 0.863. The van der Waals surface area contributed by atoms with Gasteiger partial charge in [0.2, 0.25) is 0 Å². The first-order valence-electron chi connectivity index (χ1n) is 12.3. The summed E-state index contributed by atoms with van der Waals surface area (Å²) in [6.07, 6.45) is -5.29. The lowest BCUT2D eigenvalue weighted by Crippen LogP contribution is -2.65. The number of nitrogens with one attached hydrogen (secondary N) is 1. The lowest BCUT2D eigenvalue weighted by molar-refractivity contribution is -0.211. The Morgan fingerprint density at radius 1 is 1.27 bits per heavy atom. The second-order valence-corrected chi connectivity index (χ2v) is 10.9. The number of ether oxygens (including phenoxy) is 1. The van der Waals surface area contributed by atoms with Gasteiger partial charge in [0.1, 0.15) is 22.7 Å². The third kappa shape index (κ3) is 4.16. The Morgan fingerprint density at radius 3 is 2.73 bits per heavy atom. The van der Waals surface area contributed by atoms with Crippen LogP contribution in [0.1, 0.15) is 29.3 Å². The highest BCUT2D eigenvalue weighted by atomic mass is 32.1. The van der Waals surface area contributed by atoms with E-state index in [9.17, 15) is 32.4 Å². The second kappa shape index (κ2) is 9.38. The summed E-state index contributed by atoms with van der Waals surface area (Å²) in [4.78, 5) is 26.8. The Hall–Kier alpha value is -4.29. The van der Waals surface area contributed by atoms with Crippen LogP contribution in [-0.4, -0.2) is 57.6 Å². The highest BCUT2D eigenvalue weighted by Crippen LogP contribution is 2.44. The number of hydrogen-bond acceptors (Lipinski definition) is 8. The Kier molecular flexibility index (Phi) is 6.16. The number of halogens is 5. The molecule has 0 saturated carbocycles. The van der Waals surface area contributed by atoms with E-state index in [4.69, 9.17) is 10.5 Å². The number of benzene rings is 2. The predicted octanol–water partition coefficient (Wildman–Crippen LogP) is 4.29. The van der Waals surface area contributed by atoms with Crippen LogP contribution in [0.4, 0.5) is 27.0 Å². The number of fused-ring (bicyclic) bond motifs is 2. The summed E-state index contributed by atoms with van der Waals surface area (Å²) in [7, 11) is 0. The number of piperazine rings is 1. The van der Waals surface area contributed by atoms with E-state index >= 15 is 4.39 Å². The molecule has 1 saturated heterocycles. The number of alkyl halides is 3. The van der Waals surface area contributed by atoms with Gasteiger partial charge >= 0.3 is 12.1 Å². The number of nitrogen functional groups attached to an aromatic ring is 1. The first kappa shape index (κ1) is 26.9. The van der Waals surface area contributed by atoms with Crippen LogP contribution in [0.5, 0.6) is 0 Å². The molecule has 9 nitrogen and oxygen atoms in total. The smallest absolute Gasteiger partial charge is 0.438 e. The maximum absolute atomic E-state index is 16.0. The van der Waals surface area contributed by atoms with Crippen molar-refractivity contribution in [2.75, 3.05) is 12.3 Å². The fourth-order valence-electron chi connectivity index (χ4n) is 5.65. The molecule has 4 aromatic rings. The maximum Gasteiger partial charge on any atom is 0.490 e. The summed E-state index contributed by atoms with van der Waals surface area (Å²) in [5.74, 6) is -4.57. The van der Waals surface area contributed by atoms with Gasteiger partial charge in [-0.2, -0.15) is 23.5 Å². The zero-order valence-corrected chi connectivity index (χ0v) is 21.9. The molecule has 2 aromatic heterocycles. The number of nitrogens with zero attached hydrogens (tertiary/aromatic N) is 4. The summed E-state index contributed by atoms with van der Waals surface area (Å²) in [6.45, 7) is 1.75. The van der Waals surface area contributed by atoms with Crippen molar-refractivity contribution < 1.29 is 36.3 Å². The number of hydrogen-bond donors (Lipinski definition) is 2. The lowest BCUT2D eigenvalue weighted by atomic mass is 9.93. The number of carbonyl (C=O) groups is 2. The number of carbonyl (C=O) groups excluding carboxylic acids is 2. The van der Waals surface area contributed by atoms with Crippen LogP contribution >= 0.6 is 11.3 Å². The molecule has 0 bridgehead atoms. The van der Waals surface area contributed by atoms with Gasteiger partial charge in [-0.15, -0.1) is 11.3 Å². The van der Waals surface area contributed by atoms with E-state index in [1.807, 2.05) is 6.07 Å². The fraction of sp³-hybridized carbons (Fsp3) is 0.308. The number of nitriles is 1. The third-order valence-corrected chi connectivity index (χ3v) is 8.36. The number of esters is 1. The van der Waals surface area contributed by atoms with Crippen molar-refractivity contribution in [2.45, 2.75) is 44.4 Å². The van der Waals surface area contributed by atoms with Crippen molar-refractivity contribution in [3.05, 3.63) is 47.2 Å². The van der Waals surface area contributed by atoms with E-state index in [1.165, 1.54) is 21.8 Å². The van der Waals surface area contributed by atoms with Gasteiger partial charge < -0.3 is 15.4 Å². The first-order chi connectivity index (χ1) is 19.4. The van der Waals surface area contributed by atoms with E-state index in [1.54, 1.807) is 6.92 Å². The zero-order chi connectivity index (χ0) is 29.4. The molecule has 1 amide bonds. The maximum atomic E-state index is 16.0. The Morgan fingerprint density at radius 2 is 2.02 bits per heavy atom. The minimum absolute atomic E-state index is 0.00203. The van der Waals surface area contributed by atoms with Crippen LogP contribution in [0.2, 0.25) is 0 Å². The summed E-state index contributed by atoms with van der Waals surface area (Å²) in [6, 6.07) is 3.88. The van der Waals surface area contributed by atoms with Gasteiger partial charge in [0, 0.05) is 35.5 Å². The Balaban J connectivity index is 1.50. The molecular weight excluding hydrogens is 571 g/mol. The lowest BCUT2D eigenvalue weighted by Gasteiger charge is -2.44. The number of amides is 1. The summed E-state index contributed by atoms with van der Waals surface area (Å²) in [5, 5.41) is 17.2. The summed E-state index contributed by atoms with van der Waals surface area (Å²) < 4.78 is 75.8. The van der Waals surface area contributed by atoms with E-state index < -0.39 is 48.0 Å². The number of thiophene rings is 1. The Bertz CT molecular complexity index is 1810. The number of rotatable bonds is 2. The predicted molar refractivity (Wildman–Crippen MR) is 138 cm³/mol. The van der Waals surface area contributed by atoms with Gasteiger partial charge in [-0.05, 0) is 31.0 Å². The molecule has 0 radical (unpaired) electrons. The van der Waals surface area contributed by atoms with Crippen LogP contribution in [0.25, 0.3) is 32.1 Å². The van der Waals surface area contributed by atoms with Crippen LogP contribution in [0.15, 0.2) is 24.4 Å². The molecule has 1 unspecified atom stereocenters. The van der Waals surface area contributed by atoms with Crippen LogP contribution in [0.3, 0.4) is 0 Å². The van der Waals surface area contributed by atoms with Crippen molar-refractivity contribution in [3.8, 4) is 17.2 Å². The average Bonchev–Trinajstić information content (AvgIpc) is 3.47. The molecule has 3 N–H and O–H groups in total. The van der Waals surface area contributed by atoms with Gasteiger partial charge in [-0.1, -0.05) is 6.07 Å². The monoisotopic (exact) mass is 590 g/mol. The molecule has 3 atom stereocenters. The zero-order valence-electron chi connectivity index (χ0n) is 21.1. The standard InChI is InChI=1S/C26H19F5N6O3S/c1-10-9-36-17(23(35-10)40-25(39)26(29,30)31)4-5-37-20-12(24(36)38)6-16(28)18(14(20)8-34-37)11-2-3-15(27)21-19(11)13(7-32)22(33)41-21/h2-3,6,8,10,17,23,35H,4-5,9,33H2,1H3/t10-,17-,23?/m1/s1. The SMILES string of the molecule is C[C@@H]1CN2C(=O)c3cc(F)c(-c4ccc(F)c5sc(N)c(C#N)c45)c4cnn(c34)CC[C@@H]2C(OC(=O)C(F)(F)F)N1. The first-order valence-corrected chi connectivity index (χ1v) is 13.2. The van der Waals surface area contributed by atoms with Crippen molar-refractivity contribution >= 4 is 49.2 Å². The van der Waals surface area contributed by atoms with Gasteiger partial charge in [0.25, 0.3) is 5.91 Å². The van der Waals surface area contributed by atoms with E-state index in [-0.39, 0.29) is 67.8 Å². The van der Waals surface area contributed by atoms with E-state index in [0.29, 0.717) is 0 Å². The molecule has 0 spiro atoms. The number of aromatic nitrogens is 2. The minimum Gasteiger partial charge on any atom is -0.438 e. The fourth-order valence-corrected chi connectivity index (χ4v) is 6.60. The highest BCUT2D eigenvalue weighted by Gasteiger charge is 2.47. The molecule has 41 heavy (non-hydrogen) atoms. The van der Waals surface area contributed by atoms with Crippen molar-refractivity contribution in [2.24, 2.45) is 0 Å². The molecular formula is C26H19F5N6O3S. The number of aryl methyl sites for hydroxylation is 1. The molecule has 2 aliphatic heterocycles. The van der Waals surface area contributed by atoms with Crippen molar-refractivity contribution in [3.63, 3.8) is 0 Å². The molecule has 4 heterocycles. The van der Waals surface area contributed by atoms with Gasteiger partial charge in [-0.3, -0.25) is 14.8 Å². The van der Waals surface area contributed by atoms with Crippen LogP contribution in [-0.2, 0) is 16.1 Å². The molecule has 2 aliphatic rings. The van der Waals surface area contributed by atoms with Crippen LogP contribution < -0.4 is 11.1 Å². The average molecular weight is 591 g/mol. The van der Waals surface area contributed by atoms with Gasteiger partial charge in [0.15, 0.2) is 6.23 Å². The topological polar surface area (TPSA) is 126 Å². The molecule has 15 heteroatoms. The molecule has 6 rings (SSSR count). The number of nitrogens with two attached hydrogens (primary N) is 1. The molecule has 0 aliphatic carbocycles. The molecule has 1 fully saturated rings. The minimum atomic E-state index is -5.23. The van der Waals surface area contributed by atoms with Crippen LogP contribution in [0, 0.1) is 23.0 Å². The molecule has 2 aromatic carbocycles. The van der Waals surface area contributed by atoms with E-state index in [0.717, 1.165) is 23.5 Å². The number of anilines is 1. The van der Waals surface area contributed by atoms with Crippen molar-refractivity contribution in [1.29, 1.82) is 5.26 Å². The highest BCUT2D eigenvalue weighted by molar-refractivity contribution is 7.23. The third-order valence-electron chi connectivity index (χ3n) is 7.34. The van der Waals surface area contributed by atoms with Gasteiger partial charge in [0.05, 0.1) is 33.6 Å². The Labute approximate surface area is 231 Å². The van der Waals surface area contributed by atoms with E-state index in [2.05, 4.69) is 10.4 Å². The van der Waals surface area contributed by atoms with Crippen molar-refractivity contribution in [1.82, 2.24) is 20.0 Å². The normalized spacial score (nSPS) is 21.0. The second-order valence-electron chi connectivity index (χ2n) is 9.87.